The van der Waals surface area contributed by atoms with Gasteiger partial charge < -0.3 is 14.5 Å². The Morgan fingerprint density at radius 3 is 2.33 bits per heavy atom. The van der Waals surface area contributed by atoms with E-state index in [2.05, 4.69) is 4.98 Å². The van der Waals surface area contributed by atoms with Gasteiger partial charge in [-0.2, -0.15) is 4.31 Å². The number of methoxy groups -OCH3 is 1. The number of nitrogens with one attached hydrogen (secondary N) is 1. The Bertz CT molecular complexity index is 1410. The first kappa shape index (κ1) is 25.5. The Morgan fingerprint density at radius 1 is 0.944 bits per heavy atom. The molecule has 1 N–H and O–H groups in total. The van der Waals surface area contributed by atoms with E-state index in [1.807, 2.05) is 74.6 Å². The highest BCUT2D eigenvalue weighted by atomic mass is 32.2. The van der Waals surface area contributed by atoms with E-state index in [-0.39, 0.29) is 24.0 Å². The first-order valence-corrected chi connectivity index (χ1v) is 13.2. The topological polar surface area (TPSA) is 88.7 Å². The molecule has 0 aliphatic carbocycles. The number of ether oxygens (including phenoxy) is 2. The number of fused-ring (bicyclic) bond motifs is 1. The van der Waals surface area contributed by atoms with Crippen LogP contribution in [0.2, 0.25) is 0 Å². The molecule has 0 aliphatic rings. The molecule has 0 aliphatic heterocycles. The Hall–Kier alpha value is -3.62. The molecular weight excluding hydrogens is 476 g/mol. The predicted molar refractivity (Wildman–Crippen MR) is 139 cm³/mol. The maximum Gasteiger partial charge on any atom is 0.325 e. The van der Waals surface area contributed by atoms with Crippen LogP contribution < -0.4 is 4.74 Å². The van der Waals surface area contributed by atoms with Gasteiger partial charge >= 0.3 is 5.97 Å². The third-order valence-corrected chi connectivity index (χ3v) is 7.87. The first-order valence-electron chi connectivity index (χ1n) is 11.7. The number of hydrogen-bond acceptors (Lipinski definition) is 5. The summed E-state index contributed by atoms with van der Waals surface area (Å²) in [7, 11) is -2.55. The highest BCUT2D eigenvalue weighted by molar-refractivity contribution is 7.89. The second-order valence-electron chi connectivity index (χ2n) is 8.91. The molecule has 4 rings (SSSR count). The number of esters is 1. The molecule has 3 aromatic carbocycles. The molecule has 0 radical (unpaired) electrons. The fourth-order valence-corrected chi connectivity index (χ4v) is 5.83. The summed E-state index contributed by atoms with van der Waals surface area (Å²) in [6.45, 7) is 3.72. The van der Waals surface area contributed by atoms with Crippen LogP contribution in [0.15, 0.2) is 90.0 Å². The number of sulfonamides is 1. The van der Waals surface area contributed by atoms with Crippen LogP contribution in [0.4, 0.5) is 0 Å². The smallest absolute Gasteiger partial charge is 0.325 e. The molecule has 8 heteroatoms. The number of carbonyl (C=O) groups excluding carboxylic acids is 1. The second-order valence-corrected chi connectivity index (χ2v) is 10.8. The van der Waals surface area contributed by atoms with Crippen LogP contribution in [0.3, 0.4) is 0 Å². The summed E-state index contributed by atoms with van der Waals surface area (Å²) < 4.78 is 40.0. The predicted octanol–water partition coefficient (Wildman–Crippen LogP) is 5.14. The van der Waals surface area contributed by atoms with Crippen molar-refractivity contribution in [2.45, 2.75) is 37.9 Å². The standard InChI is InChI=1S/C28H30N2O5S/c1-20(2)27(28(31)35-19-21-7-5-4-6-8-21)30(18-22-9-14-26-23(17-22)15-16-29-26)36(32,33)25-12-10-24(34-3)11-13-25/h4-17,20,27,29H,18-19H2,1-3H3/t27-/m1/s1. The highest BCUT2D eigenvalue weighted by Gasteiger charge is 2.39. The lowest BCUT2D eigenvalue weighted by atomic mass is 10.0. The fraction of sp³-hybridized carbons (Fsp3) is 0.250. The summed E-state index contributed by atoms with van der Waals surface area (Å²) in [6, 6.07) is 22.1. The number of aromatic nitrogens is 1. The third-order valence-electron chi connectivity index (χ3n) is 6.03. The van der Waals surface area contributed by atoms with E-state index in [1.165, 1.54) is 23.5 Å². The van der Waals surface area contributed by atoms with E-state index >= 15 is 0 Å². The van der Waals surface area contributed by atoms with Crippen molar-refractivity contribution < 1.29 is 22.7 Å². The lowest BCUT2D eigenvalue weighted by Gasteiger charge is -2.32. The van der Waals surface area contributed by atoms with Crippen molar-refractivity contribution >= 4 is 26.9 Å². The summed E-state index contributed by atoms with van der Waals surface area (Å²) in [5, 5.41) is 0.960. The summed E-state index contributed by atoms with van der Waals surface area (Å²) >= 11 is 0. The van der Waals surface area contributed by atoms with Gasteiger partial charge in [-0.05, 0) is 64.9 Å². The van der Waals surface area contributed by atoms with E-state index in [0.29, 0.717) is 5.75 Å². The van der Waals surface area contributed by atoms with Crippen molar-refractivity contribution in [1.29, 1.82) is 0 Å². The minimum Gasteiger partial charge on any atom is -0.497 e. The van der Waals surface area contributed by atoms with Crippen LogP contribution in [0.25, 0.3) is 10.9 Å². The molecule has 1 aromatic heterocycles. The van der Waals surface area contributed by atoms with E-state index in [4.69, 9.17) is 9.47 Å². The third kappa shape index (κ3) is 5.61. The molecule has 188 valence electrons. The van der Waals surface area contributed by atoms with Gasteiger partial charge in [0.15, 0.2) is 0 Å². The lowest BCUT2D eigenvalue weighted by Crippen LogP contribution is -2.48. The second kappa shape index (κ2) is 11.0. The molecule has 1 atom stereocenters. The average molecular weight is 507 g/mol. The van der Waals surface area contributed by atoms with Gasteiger partial charge in [0.05, 0.1) is 12.0 Å². The molecule has 4 aromatic rings. The first-order chi connectivity index (χ1) is 17.3. The number of hydrogen-bond donors (Lipinski definition) is 1. The van der Waals surface area contributed by atoms with E-state index in [0.717, 1.165) is 22.0 Å². The van der Waals surface area contributed by atoms with Crippen LogP contribution in [0, 0.1) is 5.92 Å². The van der Waals surface area contributed by atoms with Gasteiger partial charge in [0.25, 0.3) is 0 Å². The van der Waals surface area contributed by atoms with Crippen LogP contribution >= 0.6 is 0 Å². The van der Waals surface area contributed by atoms with Gasteiger partial charge in [-0.15, -0.1) is 0 Å². The minimum atomic E-state index is -4.07. The van der Waals surface area contributed by atoms with Crippen LogP contribution in [-0.2, 0) is 32.7 Å². The highest BCUT2D eigenvalue weighted by Crippen LogP contribution is 2.28. The zero-order valence-electron chi connectivity index (χ0n) is 20.5. The number of carbonyl (C=O) groups is 1. The molecule has 36 heavy (non-hydrogen) atoms. The van der Waals surface area contributed by atoms with Gasteiger partial charge in [0, 0.05) is 18.3 Å². The van der Waals surface area contributed by atoms with Crippen LogP contribution in [-0.4, -0.2) is 36.8 Å². The summed E-state index contributed by atoms with van der Waals surface area (Å²) in [4.78, 5) is 16.6. The van der Waals surface area contributed by atoms with Crippen molar-refractivity contribution in [3.05, 3.63) is 96.2 Å². The number of H-pyrrole nitrogens is 1. The molecule has 1 heterocycles. The molecule has 0 bridgehead atoms. The van der Waals surface area contributed by atoms with Crippen molar-refractivity contribution in [1.82, 2.24) is 9.29 Å². The Kier molecular flexibility index (Phi) is 7.76. The van der Waals surface area contributed by atoms with Crippen molar-refractivity contribution in [2.24, 2.45) is 5.92 Å². The van der Waals surface area contributed by atoms with E-state index < -0.39 is 22.0 Å². The maximum atomic E-state index is 13.9. The number of rotatable bonds is 10. The molecule has 0 fully saturated rings. The monoisotopic (exact) mass is 506 g/mol. The maximum absolute atomic E-state index is 13.9. The number of nitrogens with zero attached hydrogens (tertiary/aromatic N) is 1. The minimum absolute atomic E-state index is 0.0127. The van der Waals surface area contributed by atoms with Gasteiger partial charge in [-0.25, -0.2) is 8.42 Å². The van der Waals surface area contributed by atoms with Gasteiger partial charge in [0.2, 0.25) is 10.0 Å². The Balaban J connectivity index is 1.71. The summed E-state index contributed by atoms with van der Waals surface area (Å²) in [5.41, 5.74) is 2.54. The van der Waals surface area contributed by atoms with Crippen LogP contribution in [0.1, 0.15) is 25.0 Å². The van der Waals surface area contributed by atoms with Crippen molar-refractivity contribution in [3.63, 3.8) is 0 Å². The normalized spacial score (nSPS) is 12.7. The molecule has 0 saturated heterocycles. The molecule has 0 saturated carbocycles. The van der Waals surface area contributed by atoms with Crippen molar-refractivity contribution in [3.8, 4) is 5.75 Å². The zero-order valence-corrected chi connectivity index (χ0v) is 21.4. The molecule has 0 unspecified atom stereocenters. The van der Waals surface area contributed by atoms with E-state index in [9.17, 15) is 13.2 Å². The van der Waals surface area contributed by atoms with Gasteiger partial charge in [-0.1, -0.05) is 50.2 Å². The SMILES string of the molecule is COc1ccc(S(=O)(=O)N(Cc2ccc3[nH]ccc3c2)[C@@H](C(=O)OCc2ccccc2)C(C)C)cc1. The molecule has 7 nitrogen and oxygen atoms in total. The molecular formula is C28H30N2O5S. The van der Waals surface area contributed by atoms with E-state index in [1.54, 1.807) is 12.1 Å². The molecule has 0 spiro atoms. The lowest BCUT2D eigenvalue weighted by molar-refractivity contribution is -0.151. The number of benzene rings is 3. The van der Waals surface area contributed by atoms with Crippen LogP contribution in [0.5, 0.6) is 5.75 Å². The molecule has 0 amide bonds. The van der Waals surface area contributed by atoms with Gasteiger partial charge in [-0.3, -0.25) is 4.79 Å². The summed E-state index contributed by atoms with van der Waals surface area (Å²) in [5.74, 6) is -0.382. The Labute approximate surface area is 211 Å². The average Bonchev–Trinajstić information content (AvgIpc) is 3.35. The fourth-order valence-electron chi connectivity index (χ4n) is 4.13. The zero-order chi connectivity index (χ0) is 25.7. The van der Waals surface area contributed by atoms with Crippen molar-refractivity contribution in [2.75, 3.05) is 7.11 Å². The van der Waals surface area contributed by atoms with Gasteiger partial charge in [0.1, 0.15) is 18.4 Å². The number of aromatic amines is 1. The quantitative estimate of drug-likeness (QED) is 0.301. The Morgan fingerprint density at radius 2 is 1.67 bits per heavy atom. The summed E-state index contributed by atoms with van der Waals surface area (Å²) in [6.07, 6.45) is 1.83. The largest absolute Gasteiger partial charge is 0.497 e.